The summed E-state index contributed by atoms with van der Waals surface area (Å²) in [5, 5.41) is 3.11. The molecule has 1 aromatic rings. The van der Waals surface area contributed by atoms with Gasteiger partial charge in [0.15, 0.2) is 5.96 Å². The molecule has 0 bridgehead atoms. The number of aliphatic imine (C=N–C) groups is 1. The first-order chi connectivity index (χ1) is 11.2. The summed E-state index contributed by atoms with van der Waals surface area (Å²) in [6.45, 7) is 5.36. The molecule has 6 heteroatoms. The average Bonchev–Trinajstić information content (AvgIpc) is 2.83. The van der Waals surface area contributed by atoms with E-state index in [9.17, 15) is 0 Å². The van der Waals surface area contributed by atoms with Gasteiger partial charge in [-0.2, -0.15) is 0 Å². The SMILES string of the molecule is COCC(C)NC(N)=NCc1ccnc(N2CCCCCC2)c1. The van der Waals surface area contributed by atoms with Crippen LogP contribution < -0.4 is 16.0 Å². The summed E-state index contributed by atoms with van der Waals surface area (Å²) in [5.74, 6) is 1.50. The lowest BCUT2D eigenvalue weighted by Crippen LogP contribution is -2.40. The fourth-order valence-corrected chi connectivity index (χ4v) is 2.80. The number of aromatic nitrogens is 1. The number of nitrogens with two attached hydrogens (primary N) is 1. The number of anilines is 1. The maximum absolute atomic E-state index is 5.91. The van der Waals surface area contributed by atoms with Gasteiger partial charge in [-0.25, -0.2) is 9.98 Å². The molecule has 0 saturated carbocycles. The van der Waals surface area contributed by atoms with E-state index >= 15 is 0 Å². The standard InChI is InChI=1S/C17H29N5O/c1-14(13-23-2)21-17(18)20-12-15-7-8-19-16(11-15)22-9-5-3-4-6-10-22/h7-8,11,14H,3-6,9-10,12-13H2,1-2H3,(H3,18,20,21). The Morgan fingerprint density at radius 3 is 2.83 bits per heavy atom. The molecule has 1 fully saturated rings. The molecule has 3 N–H and O–H groups in total. The van der Waals surface area contributed by atoms with Crippen LogP contribution in [0.1, 0.15) is 38.2 Å². The first kappa shape index (κ1) is 17.5. The van der Waals surface area contributed by atoms with Gasteiger partial charge in [0.05, 0.1) is 13.2 Å². The lowest BCUT2D eigenvalue weighted by molar-refractivity contribution is 0.179. The molecule has 23 heavy (non-hydrogen) atoms. The van der Waals surface area contributed by atoms with Crippen LogP contribution in [0.25, 0.3) is 0 Å². The largest absolute Gasteiger partial charge is 0.383 e. The van der Waals surface area contributed by atoms with E-state index in [0.29, 0.717) is 19.1 Å². The quantitative estimate of drug-likeness (QED) is 0.619. The Hall–Kier alpha value is -1.82. The first-order valence-corrected chi connectivity index (χ1v) is 8.44. The van der Waals surface area contributed by atoms with E-state index in [2.05, 4.69) is 26.3 Å². The number of nitrogens with zero attached hydrogens (tertiary/aromatic N) is 3. The first-order valence-electron chi connectivity index (χ1n) is 8.44. The van der Waals surface area contributed by atoms with E-state index in [-0.39, 0.29) is 6.04 Å². The fraction of sp³-hybridized carbons (Fsp3) is 0.647. The van der Waals surface area contributed by atoms with Crippen LogP contribution in [0.5, 0.6) is 0 Å². The summed E-state index contributed by atoms with van der Waals surface area (Å²) >= 11 is 0. The second kappa shape index (κ2) is 9.35. The summed E-state index contributed by atoms with van der Waals surface area (Å²) in [6, 6.07) is 4.27. The van der Waals surface area contributed by atoms with Crippen molar-refractivity contribution >= 4 is 11.8 Å². The molecule has 0 spiro atoms. The Morgan fingerprint density at radius 1 is 1.39 bits per heavy atom. The van der Waals surface area contributed by atoms with Gasteiger partial charge in [-0.1, -0.05) is 12.8 Å². The Morgan fingerprint density at radius 2 is 2.13 bits per heavy atom. The number of pyridine rings is 1. The zero-order valence-corrected chi connectivity index (χ0v) is 14.3. The highest BCUT2D eigenvalue weighted by Crippen LogP contribution is 2.18. The summed E-state index contributed by atoms with van der Waals surface area (Å²) in [6.07, 6.45) is 7.00. The van der Waals surface area contributed by atoms with Gasteiger partial charge in [0.25, 0.3) is 0 Å². The van der Waals surface area contributed by atoms with Gasteiger partial charge in [0.2, 0.25) is 0 Å². The third-order valence-corrected chi connectivity index (χ3v) is 3.98. The third-order valence-electron chi connectivity index (χ3n) is 3.98. The molecule has 0 amide bonds. The lowest BCUT2D eigenvalue weighted by atomic mass is 10.2. The zero-order chi connectivity index (χ0) is 16.5. The van der Waals surface area contributed by atoms with Crippen molar-refractivity contribution in [2.45, 2.75) is 45.2 Å². The smallest absolute Gasteiger partial charge is 0.189 e. The molecule has 0 aliphatic carbocycles. The molecule has 1 aliphatic rings. The van der Waals surface area contributed by atoms with Gasteiger partial charge in [0, 0.05) is 32.4 Å². The molecule has 1 saturated heterocycles. The number of hydrogen-bond acceptors (Lipinski definition) is 4. The van der Waals surface area contributed by atoms with Crippen molar-refractivity contribution in [3.8, 4) is 0 Å². The van der Waals surface area contributed by atoms with Crippen LogP contribution >= 0.6 is 0 Å². The van der Waals surface area contributed by atoms with E-state index in [1.54, 1.807) is 7.11 Å². The number of ether oxygens (including phenoxy) is 1. The van der Waals surface area contributed by atoms with Crippen LogP contribution in [0.15, 0.2) is 23.3 Å². The van der Waals surface area contributed by atoms with Crippen molar-refractivity contribution in [2.75, 3.05) is 31.7 Å². The summed E-state index contributed by atoms with van der Waals surface area (Å²) < 4.78 is 5.07. The van der Waals surface area contributed by atoms with E-state index in [0.717, 1.165) is 24.5 Å². The maximum atomic E-state index is 5.91. The van der Waals surface area contributed by atoms with Crippen molar-refractivity contribution in [3.05, 3.63) is 23.9 Å². The molecule has 128 valence electrons. The highest BCUT2D eigenvalue weighted by Gasteiger charge is 2.11. The van der Waals surface area contributed by atoms with Crippen LogP contribution in [0.4, 0.5) is 5.82 Å². The second-order valence-electron chi connectivity index (χ2n) is 6.13. The molecule has 6 nitrogen and oxygen atoms in total. The molecule has 0 radical (unpaired) electrons. The summed E-state index contributed by atoms with van der Waals surface area (Å²) in [5.41, 5.74) is 7.04. The Labute approximate surface area is 139 Å². The van der Waals surface area contributed by atoms with Crippen LogP contribution in [0.3, 0.4) is 0 Å². The summed E-state index contributed by atoms with van der Waals surface area (Å²) in [4.78, 5) is 11.3. The van der Waals surface area contributed by atoms with Gasteiger partial charge in [-0.15, -0.1) is 0 Å². The second-order valence-corrected chi connectivity index (χ2v) is 6.13. The van der Waals surface area contributed by atoms with Gasteiger partial charge in [-0.05, 0) is 37.5 Å². The number of nitrogens with one attached hydrogen (secondary N) is 1. The molecule has 2 heterocycles. The van der Waals surface area contributed by atoms with Crippen LogP contribution in [-0.2, 0) is 11.3 Å². The predicted octanol–water partition coefficient (Wildman–Crippen LogP) is 1.90. The molecule has 1 unspecified atom stereocenters. The minimum Gasteiger partial charge on any atom is -0.383 e. The van der Waals surface area contributed by atoms with Crippen LogP contribution in [0.2, 0.25) is 0 Å². The highest BCUT2D eigenvalue weighted by molar-refractivity contribution is 5.78. The van der Waals surface area contributed by atoms with Crippen molar-refractivity contribution in [3.63, 3.8) is 0 Å². The van der Waals surface area contributed by atoms with E-state index in [1.807, 2.05) is 19.2 Å². The number of hydrogen-bond donors (Lipinski definition) is 2. The maximum Gasteiger partial charge on any atom is 0.189 e. The van der Waals surface area contributed by atoms with E-state index in [4.69, 9.17) is 10.5 Å². The molecule has 1 aromatic heterocycles. The molecule has 1 atom stereocenters. The lowest BCUT2D eigenvalue weighted by Gasteiger charge is -2.21. The fourth-order valence-electron chi connectivity index (χ4n) is 2.80. The molecular weight excluding hydrogens is 290 g/mol. The van der Waals surface area contributed by atoms with E-state index in [1.165, 1.54) is 25.7 Å². The van der Waals surface area contributed by atoms with Gasteiger partial charge in [-0.3, -0.25) is 0 Å². The average molecular weight is 319 g/mol. The monoisotopic (exact) mass is 319 g/mol. The highest BCUT2D eigenvalue weighted by atomic mass is 16.5. The minimum absolute atomic E-state index is 0.147. The molecular formula is C17H29N5O. The Kier molecular flexibility index (Phi) is 7.13. The van der Waals surface area contributed by atoms with Crippen LogP contribution in [-0.4, -0.2) is 43.8 Å². The number of methoxy groups -OCH3 is 1. The normalized spacial score (nSPS) is 17.7. The van der Waals surface area contributed by atoms with Crippen molar-refractivity contribution in [1.82, 2.24) is 10.3 Å². The van der Waals surface area contributed by atoms with Crippen molar-refractivity contribution in [1.29, 1.82) is 0 Å². The van der Waals surface area contributed by atoms with E-state index < -0.39 is 0 Å². The number of guanidine groups is 1. The topological polar surface area (TPSA) is 75.8 Å². The van der Waals surface area contributed by atoms with Crippen LogP contribution in [0, 0.1) is 0 Å². The molecule has 1 aliphatic heterocycles. The summed E-state index contributed by atoms with van der Waals surface area (Å²) in [7, 11) is 1.67. The minimum atomic E-state index is 0.147. The third kappa shape index (κ3) is 6.06. The Balaban J connectivity index is 1.94. The Bertz CT molecular complexity index is 498. The zero-order valence-electron chi connectivity index (χ0n) is 14.3. The number of rotatable bonds is 6. The van der Waals surface area contributed by atoms with Gasteiger partial charge in [0.1, 0.15) is 5.82 Å². The molecule has 0 aromatic carbocycles. The van der Waals surface area contributed by atoms with Crippen molar-refractivity contribution < 1.29 is 4.74 Å². The van der Waals surface area contributed by atoms with Crippen molar-refractivity contribution in [2.24, 2.45) is 10.7 Å². The van der Waals surface area contributed by atoms with Gasteiger partial charge >= 0.3 is 0 Å². The van der Waals surface area contributed by atoms with Gasteiger partial charge < -0.3 is 20.7 Å². The molecule has 2 rings (SSSR count). The predicted molar refractivity (Wildman–Crippen MR) is 94.7 cm³/mol.